The molecule has 0 fully saturated rings. The summed E-state index contributed by atoms with van der Waals surface area (Å²) in [6.45, 7) is 4.76. The number of nitrogens with zero attached hydrogens (tertiary/aromatic N) is 1. The van der Waals surface area contributed by atoms with Crippen LogP contribution in [0.2, 0.25) is 0 Å². The maximum Gasteiger partial charge on any atom is 0.230 e. The number of carbonyl (C=O) groups excluding carboxylic acids is 1. The molecule has 0 saturated carbocycles. The highest BCUT2D eigenvalue weighted by atomic mass is 32.1. The van der Waals surface area contributed by atoms with Gasteiger partial charge in [0.15, 0.2) is 0 Å². The third-order valence-corrected chi connectivity index (χ3v) is 4.28. The number of hydrogen-bond acceptors (Lipinski definition) is 4. The van der Waals surface area contributed by atoms with Crippen molar-refractivity contribution in [2.24, 2.45) is 5.73 Å². The molecule has 1 heterocycles. The molecule has 1 aromatic heterocycles. The minimum atomic E-state index is -0.0334. The molecule has 0 unspecified atom stereocenters. The fourth-order valence-electron chi connectivity index (χ4n) is 1.99. The standard InChI is InChI=1S/C16H21N3OS/c1-11-5-6-13(8-12(11)2)18-15(20)9-14-10-21-16(19-14)4-3-7-17/h5-6,8,10H,3-4,7,9,17H2,1-2H3,(H,18,20). The fourth-order valence-corrected chi connectivity index (χ4v) is 2.83. The SMILES string of the molecule is Cc1ccc(NC(=O)Cc2csc(CCCN)n2)cc1C. The van der Waals surface area contributed by atoms with E-state index in [4.69, 9.17) is 5.73 Å². The first-order valence-corrected chi connectivity index (χ1v) is 7.97. The van der Waals surface area contributed by atoms with Crippen LogP contribution in [0.3, 0.4) is 0 Å². The largest absolute Gasteiger partial charge is 0.330 e. The van der Waals surface area contributed by atoms with Gasteiger partial charge in [-0.15, -0.1) is 11.3 Å². The Bertz CT molecular complexity index is 622. The van der Waals surface area contributed by atoms with Crippen LogP contribution in [-0.2, 0) is 17.6 Å². The van der Waals surface area contributed by atoms with Gasteiger partial charge in [-0.25, -0.2) is 4.98 Å². The molecular weight excluding hydrogens is 282 g/mol. The lowest BCUT2D eigenvalue weighted by Crippen LogP contribution is -2.14. The number of amides is 1. The summed E-state index contributed by atoms with van der Waals surface area (Å²) >= 11 is 1.60. The average molecular weight is 303 g/mol. The third kappa shape index (κ3) is 4.65. The topological polar surface area (TPSA) is 68.0 Å². The number of rotatable bonds is 6. The molecule has 0 saturated heterocycles. The molecule has 1 amide bonds. The van der Waals surface area contributed by atoms with E-state index in [0.29, 0.717) is 13.0 Å². The van der Waals surface area contributed by atoms with Crippen molar-refractivity contribution in [2.45, 2.75) is 33.1 Å². The third-order valence-electron chi connectivity index (χ3n) is 3.33. The highest BCUT2D eigenvalue weighted by Gasteiger charge is 2.08. The minimum Gasteiger partial charge on any atom is -0.330 e. The van der Waals surface area contributed by atoms with Crippen molar-refractivity contribution >= 4 is 22.9 Å². The molecule has 0 radical (unpaired) electrons. The van der Waals surface area contributed by atoms with Gasteiger partial charge >= 0.3 is 0 Å². The summed E-state index contributed by atoms with van der Waals surface area (Å²) in [5.74, 6) is -0.0334. The monoisotopic (exact) mass is 303 g/mol. The molecule has 21 heavy (non-hydrogen) atoms. The van der Waals surface area contributed by atoms with Crippen LogP contribution in [0.25, 0.3) is 0 Å². The van der Waals surface area contributed by atoms with E-state index in [0.717, 1.165) is 29.2 Å². The first-order valence-electron chi connectivity index (χ1n) is 7.09. The zero-order chi connectivity index (χ0) is 15.2. The van der Waals surface area contributed by atoms with Crippen molar-refractivity contribution < 1.29 is 4.79 Å². The summed E-state index contributed by atoms with van der Waals surface area (Å²) in [5.41, 5.74) is 9.54. The zero-order valence-corrected chi connectivity index (χ0v) is 13.3. The lowest BCUT2D eigenvalue weighted by atomic mass is 10.1. The number of nitrogens with one attached hydrogen (secondary N) is 1. The fraction of sp³-hybridized carbons (Fsp3) is 0.375. The maximum atomic E-state index is 12.0. The van der Waals surface area contributed by atoms with E-state index in [1.807, 2.05) is 30.5 Å². The van der Waals surface area contributed by atoms with E-state index in [1.54, 1.807) is 11.3 Å². The molecule has 0 aliphatic rings. The van der Waals surface area contributed by atoms with E-state index in [9.17, 15) is 4.79 Å². The summed E-state index contributed by atoms with van der Waals surface area (Å²) in [4.78, 5) is 16.5. The highest BCUT2D eigenvalue weighted by molar-refractivity contribution is 7.09. The van der Waals surface area contributed by atoms with E-state index < -0.39 is 0 Å². The number of anilines is 1. The van der Waals surface area contributed by atoms with Gasteiger partial charge in [-0.2, -0.15) is 0 Å². The molecule has 0 aliphatic heterocycles. The van der Waals surface area contributed by atoms with Crippen molar-refractivity contribution in [3.8, 4) is 0 Å². The molecule has 0 bridgehead atoms. The first kappa shape index (κ1) is 15.7. The number of hydrogen-bond donors (Lipinski definition) is 2. The number of aryl methyl sites for hydroxylation is 3. The molecule has 2 aromatic rings. The van der Waals surface area contributed by atoms with Crippen LogP contribution in [0.5, 0.6) is 0 Å². The van der Waals surface area contributed by atoms with Crippen LogP contribution in [0.1, 0.15) is 28.2 Å². The second-order valence-electron chi connectivity index (χ2n) is 5.15. The van der Waals surface area contributed by atoms with E-state index in [1.165, 1.54) is 11.1 Å². The van der Waals surface area contributed by atoms with Crippen LogP contribution in [-0.4, -0.2) is 17.4 Å². The van der Waals surface area contributed by atoms with Gasteiger partial charge in [0, 0.05) is 17.5 Å². The van der Waals surface area contributed by atoms with Crippen molar-refractivity contribution in [3.05, 3.63) is 45.4 Å². The molecule has 112 valence electrons. The molecule has 0 spiro atoms. The molecule has 0 atom stereocenters. The Morgan fingerprint density at radius 1 is 1.33 bits per heavy atom. The highest BCUT2D eigenvalue weighted by Crippen LogP contribution is 2.16. The number of aromatic nitrogens is 1. The Morgan fingerprint density at radius 3 is 2.86 bits per heavy atom. The van der Waals surface area contributed by atoms with Gasteiger partial charge in [0.1, 0.15) is 0 Å². The summed E-state index contributed by atoms with van der Waals surface area (Å²) in [6.07, 6.45) is 2.13. The number of nitrogens with two attached hydrogens (primary N) is 1. The predicted molar refractivity (Wildman–Crippen MR) is 87.7 cm³/mol. The van der Waals surface area contributed by atoms with Crippen molar-refractivity contribution in [1.82, 2.24) is 4.98 Å². The van der Waals surface area contributed by atoms with Crippen molar-refractivity contribution in [1.29, 1.82) is 0 Å². The Labute approximate surface area is 129 Å². The molecule has 4 nitrogen and oxygen atoms in total. The van der Waals surface area contributed by atoms with Crippen LogP contribution in [0.4, 0.5) is 5.69 Å². The number of thiazole rings is 1. The van der Waals surface area contributed by atoms with Crippen LogP contribution in [0.15, 0.2) is 23.6 Å². The second kappa shape index (κ2) is 7.33. The summed E-state index contributed by atoms with van der Waals surface area (Å²) in [6, 6.07) is 5.92. The van der Waals surface area contributed by atoms with E-state index in [-0.39, 0.29) is 5.91 Å². The lowest BCUT2D eigenvalue weighted by molar-refractivity contribution is -0.115. The summed E-state index contributed by atoms with van der Waals surface area (Å²) < 4.78 is 0. The molecule has 3 N–H and O–H groups in total. The van der Waals surface area contributed by atoms with Gasteiger partial charge in [0.25, 0.3) is 0 Å². The van der Waals surface area contributed by atoms with Crippen LogP contribution >= 0.6 is 11.3 Å². The van der Waals surface area contributed by atoms with Gasteiger partial charge in [-0.05, 0) is 50.1 Å². The second-order valence-corrected chi connectivity index (χ2v) is 6.09. The van der Waals surface area contributed by atoms with Gasteiger partial charge in [0.2, 0.25) is 5.91 Å². The van der Waals surface area contributed by atoms with E-state index >= 15 is 0 Å². The maximum absolute atomic E-state index is 12.0. The Kier molecular flexibility index (Phi) is 5.47. The quantitative estimate of drug-likeness (QED) is 0.862. The number of benzene rings is 1. The normalized spacial score (nSPS) is 10.6. The smallest absolute Gasteiger partial charge is 0.230 e. The molecule has 5 heteroatoms. The lowest BCUT2D eigenvalue weighted by Gasteiger charge is -2.06. The van der Waals surface area contributed by atoms with Gasteiger partial charge in [0.05, 0.1) is 17.1 Å². The van der Waals surface area contributed by atoms with Crippen molar-refractivity contribution in [2.75, 3.05) is 11.9 Å². The molecule has 2 rings (SSSR count). The van der Waals surface area contributed by atoms with Crippen LogP contribution in [0, 0.1) is 13.8 Å². The van der Waals surface area contributed by atoms with Gasteiger partial charge in [-0.3, -0.25) is 4.79 Å². The molecule has 1 aromatic carbocycles. The number of carbonyl (C=O) groups is 1. The minimum absolute atomic E-state index is 0.0334. The Morgan fingerprint density at radius 2 is 2.14 bits per heavy atom. The predicted octanol–water partition coefficient (Wildman–Crippen LogP) is 2.83. The molecular formula is C16H21N3OS. The zero-order valence-electron chi connectivity index (χ0n) is 12.5. The Balaban J connectivity index is 1.91. The average Bonchev–Trinajstić information content (AvgIpc) is 2.88. The van der Waals surface area contributed by atoms with Crippen LogP contribution < -0.4 is 11.1 Å². The molecule has 0 aliphatic carbocycles. The van der Waals surface area contributed by atoms with Crippen molar-refractivity contribution in [3.63, 3.8) is 0 Å². The van der Waals surface area contributed by atoms with Gasteiger partial charge in [-0.1, -0.05) is 6.07 Å². The summed E-state index contributed by atoms with van der Waals surface area (Å²) in [5, 5.41) is 5.92. The summed E-state index contributed by atoms with van der Waals surface area (Å²) in [7, 11) is 0. The van der Waals surface area contributed by atoms with E-state index in [2.05, 4.69) is 17.2 Å². The first-order chi connectivity index (χ1) is 10.1. The Hall–Kier alpha value is -1.72. The van der Waals surface area contributed by atoms with Gasteiger partial charge < -0.3 is 11.1 Å².